The first-order valence-electron chi connectivity index (χ1n) is 6.79. The van der Waals surface area contributed by atoms with Crippen molar-refractivity contribution in [2.75, 3.05) is 18.5 Å². The van der Waals surface area contributed by atoms with E-state index < -0.39 is 0 Å². The number of nitrogens with one attached hydrogen (secondary N) is 1. The average Bonchev–Trinajstić information content (AvgIpc) is 2.73. The summed E-state index contributed by atoms with van der Waals surface area (Å²) in [6.45, 7) is 3.16. The SMILES string of the molecule is Cc1nn(C)c(Cl)c1CC(=O)c1cccc2c1OCCN2. The van der Waals surface area contributed by atoms with Gasteiger partial charge in [0.2, 0.25) is 0 Å². The normalized spacial score (nSPS) is 13.3. The Labute approximate surface area is 127 Å². The van der Waals surface area contributed by atoms with Crippen LogP contribution < -0.4 is 10.1 Å². The molecule has 0 saturated heterocycles. The largest absolute Gasteiger partial charge is 0.489 e. The van der Waals surface area contributed by atoms with Crippen molar-refractivity contribution in [1.82, 2.24) is 9.78 Å². The molecule has 0 radical (unpaired) electrons. The standard InChI is InChI=1S/C15H16ClN3O2/c1-9-11(15(16)19(2)18-9)8-13(20)10-4-3-5-12-14(10)21-7-6-17-12/h3-5,17H,6-8H2,1-2H3. The maximum absolute atomic E-state index is 12.6. The van der Waals surface area contributed by atoms with E-state index in [0.717, 1.165) is 23.5 Å². The van der Waals surface area contributed by atoms with E-state index in [1.165, 1.54) is 0 Å². The number of benzene rings is 1. The van der Waals surface area contributed by atoms with Crippen LogP contribution in [0.15, 0.2) is 18.2 Å². The van der Waals surface area contributed by atoms with Gasteiger partial charge in [-0.1, -0.05) is 17.7 Å². The highest BCUT2D eigenvalue weighted by molar-refractivity contribution is 6.30. The zero-order valence-corrected chi connectivity index (χ0v) is 12.7. The highest BCUT2D eigenvalue weighted by Crippen LogP contribution is 2.32. The molecule has 6 heteroatoms. The van der Waals surface area contributed by atoms with Crippen LogP contribution in [0.5, 0.6) is 5.75 Å². The molecule has 1 aromatic carbocycles. The third-order valence-electron chi connectivity index (χ3n) is 3.59. The van der Waals surface area contributed by atoms with Crippen molar-refractivity contribution >= 4 is 23.1 Å². The molecule has 1 N–H and O–H groups in total. The van der Waals surface area contributed by atoms with Gasteiger partial charge in [-0.25, -0.2) is 0 Å². The van der Waals surface area contributed by atoms with E-state index in [9.17, 15) is 4.79 Å². The van der Waals surface area contributed by atoms with E-state index in [2.05, 4.69) is 10.4 Å². The molecular formula is C15H16ClN3O2. The molecule has 1 aromatic heterocycles. The maximum Gasteiger partial charge on any atom is 0.171 e. The minimum atomic E-state index is -0.0199. The lowest BCUT2D eigenvalue weighted by Crippen LogP contribution is -2.20. The smallest absolute Gasteiger partial charge is 0.171 e. The predicted octanol–water partition coefficient (Wildman–Crippen LogP) is 2.61. The Morgan fingerprint density at radius 2 is 2.33 bits per heavy atom. The molecule has 1 aliphatic heterocycles. The second-order valence-corrected chi connectivity index (χ2v) is 5.39. The van der Waals surface area contributed by atoms with Crippen molar-refractivity contribution in [3.8, 4) is 5.75 Å². The van der Waals surface area contributed by atoms with Crippen LogP contribution in [0, 0.1) is 6.92 Å². The molecule has 0 bridgehead atoms. The Kier molecular flexibility index (Phi) is 3.59. The van der Waals surface area contributed by atoms with Gasteiger partial charge in [-0.05, 0) is 19.1 Å². The Balaban J connectivity index is 1.93. The molecule has 0 amide bonds. The molecule has 21 heavy (non-hydrogen) atoms. The van der Waals surface area contributed by atoms with E-state index in [1.54, 1.807) is 17.8 Å². The monoisotopic (exact) mass is 305 g/mol. The van der Waals surface area contributed by atoms with Crippen molar-refractivity contribution in [2.45, 2.75) is 13.3 Å². The van der Waals surface area contributed by atoms with E-state index in [0.29, 0.717) is 23.1 Å². The molecule has 0 saturated carbocycles. The van der Waals surface area contributed by atoms with Crippen LogP contribution in [0.4, 0.5) is 5.69 Å². The molecule has 0 unspecified atom stereocenters. The topological polar surface area (TPSA) is 56.2 Å². The number of nitrogens with zero attached hydrogens (tertiary/aromatic N) is 2. The minimum Gasteiger partial charge on any atom is -0.489 e. The van der Waals surface area contributed by atoms with Crippen LogP contribution in [0.1, 0.15) is 21.6 Å². The summed E-state index contributed by atoms with van der Waals surface area (Å²) in [5.74, 6) is 0.611. The number of ketones is 1. The number of Topliss-reactive ketones (excluding diaryl/α,β-unsaturated/α-hetero) is 1. The predicted molar refractivity (Wildman–Crippen MR) is 81.4 cm³/mol. The third kappa shape index (κ3) is 2.49. The number of para-hydroxylation sites is 1. The van der Waals surface area contributed by atoms with Gasteiger partial charge >= 0.3 is 0 Å². The van der Waals surface area contributed by atoms with Gasteiger partial charge in [0, 0.05) is 25.6 Å². The molecule has 0 fully saturated rings. The van der Waals surface area contributed by atoms with Gasteiger partial charge in [0.1, 0.15) is 11.8 Å². The lowest BCUT2D eigenvalue weighted by molar-refractivity contribution is 0.0988. The number of halogens is 1. The summed E-state index contributed by atoms with van der Waals surface area (Å²) in [7, 11) is 1.76. The summed E-state index contributed by atoms with van der Waals surface area (Å²) < 4.78 is 7.22. The zero-order chi connectivity index (χ0) is 15.0. The second-order valence-electron chi connectivity index (χ2n) is 5.04. The highest BCUT2D eigenvalue weighted by Gasteiger charge is 2.22. The van der Waals surface area contributed by atoms with Gasteiger partial charge in [0.25, 0.3) is 0 Å². The van der Waals surface area contributed by atoms with E-state index >= 15 is 0 Å². The number of fused-ring (bicyclic) bond motifs is 1. The molecule has 5 nitrogen and oxygen atoms in total. The van der Waals surface area contributed by atoms with Crippen LogP contribution in [-0.2, 0) is 13.5 Å². The van der Waals surface area contributed by atoms with Crippen LogP contribution in [0.25, 0.3) is 0 Å². The zero-order valence-electron chi connectivity index (χ0n) is 11.9. The lowest BCUT2D eigenvalue weighted by Gasteiger charge is -2.21. The number of carbonyl (C=O) groups is 1. The van der Waals surface area contributed by atoms with Crippen LogP contribution in [0.3, 0.4) is 0 Å². The molecule has 110 valence electrons. The molecule has 0 spiro atoms. The summed E-state index contributed by atoms with van der Waals surface area (Å²) in [5.41, 5.74) is 2.99. The number of hydrogen-bond acceptors (Lipinski definition) is 4. The van der Waals surface area contributed by atoms with Gasteiger partial charge < -0.3 is 10.1 Å². The van der Waals surface area contributed by atoms with Crippen LogP contribution >= 0.6 is 11.6 Å². The first kappa shape index (κ1) is 13.9. The Hall–Kier alpha value is -2.01. The Bertz CT molecular complexity index is 709. The maximum atomic E-state index is 12.6. The van der Waals surface area contributed by atoms with Gasteiger partial charge in [-0.15, -0.1) is 0 Å². The minimum absolute atomic E-state index is 0.0199. The molecule has 1 aliphatic rings. The summed E-state index contributed by atoms with van der Waals surface area (Å²) in [5, 5.41) is 7.97. The molecule has 3 rings (SSSR count). The fourth-order valence-electron chi connectivity index (χ4n) is 2.52. The first-order chi connectivity index (χ1) is 10.1. The summed E-state index contributed by atoms with van der Waals surface area (Å²) in [6, 6.07) is 5.55. The molecule has 2 aromatic rings. The Morgan fingerprint density at radius 1 is 1.52 bits per heavy atom. The van der Waals surface area contributed by atoms with E-state index in [4.69, 9.17) is 16.3 Å². The van der Waals surface area contributed by atoms with Crippen molar-refractivity contribution < 1.29 is 9.53 Å². The number of aromatic nitrogens is 2. The first-order valence-corrected chi connectivity index (χ1v) is 7.16. The van der Waals surface area contributed by atoms with Gasteiger partial charge in [0.05, 0.1) is 16.9 Å². The summed E-state index contributed by atoms with van der Waals surface area (Å²) in [4.78, 5) is 12.6. The number of hydrogen-bond donors (Lipinski definition) is 1. The van der Waals surface area contributed by atoms with E-state index in [1.807, 2.05) is 19.1 Å². The number of rotatable bonds is 3. The highest BCUT2D eigenvalue weighted by atomic mass is 35.5. The summed E-state index contributed by atoms with van der Waals surface area (Å²) >= 11 is 6.19. The van der Waals surface area contributed by atoms with Gasteiger partial charge in [-0.3, -0.25) is 9.48 Å². The van der Waals surface area contributed by atoms with Crippen LogP contribution in [0.2, 0.25) is 5.15 Å². The van der Waals surface area contributed by atoms with Crippen molar-refractivity contribution in [3.63, 3.8) is 0 Å². The second kappa shape index (κ2) is 5.41. The summed E-state index contributed by atoms with van der Waals surface area (Å²) in [6.07, 6.45) is 0.221. The molecular weight excluding hydrogens is 290 g/mol. The number of carbonyl (C=O) groups excluding carboxylic acids is 1. The number of anilines is 1. The van der Waals surface area contributed by atoms with Gasteiger partial charge in [-0.2, -0.15) is 5.10 Å². The van der Waals surface area contributed by atoms with Crippen molar-refractivity contribution in [2.24, 2.45) is 7.05 Å². The molecule has 0 atom stereocenters. The number of aryl methyl sites for hydroxylation is 2. The molecule has 2 heterocycles. The Morgan fingerprint density at radius 3 is 3.05 bits per heavy atom. The average molecular weight is 306 g/mol. The van der Waals surface area contributed by atoms with Crippen molar-refractivity contribution in [3.05, 3.63) is 40.2 Å². The van der Waals surface area contributed by atoms with Gasteiger partial charge in [0.15, 0.2) is 11.5 Å². The van der Waals surface area contributed by atoms with E-state index in [-0.39, 0.29) is 12.2 Å². The fourth-order valence-corrected chi connectivity index (χ4v) is 2.76. The third-order valence-corrected chi connectivity index (χ3v) is 4.06. The van der Waals surface area contributed by atoms with Crippen LogP contribution in [-0.4, -0.2) is 28.7 Å². The quantitative estimate of drug-likeness (QED) is 0.886. The molecule has 0 aliphatic carbocycles. The number of ether oxygens (including phenoxy) is 1. The lowest BCUT2D eigenvalue weighted by atomic mass is 10.0. The fraction of sp³-hybridized carbons (Fsp3) is 0.333. The van der Waals surface area contributed by atoms with Crippen molar-refractivity contribution in [1.29, 1.82) is 0 Å².